The topological polar surface area (TPSA) is 29.5 Å². The SMILES string of the molecule is O[C@@H]1CCCc2ccc(OCc3cccc(Cl)c3Cl)cc21. The van der Waals surface area contributed by atoms with Gasteiger partial charge in [0.15, 0.2) is 0 Å². The van der Waals surface area contributed by atoms with Crippen LogP contribution < -0.4 is 4.74 Å². The Morgan fingerprint density at radius 3 is 2.90 bits per heavy atom. The van der Waals surface area contributed by atoms with Gasteiger partial charge in [-0.2, -0.15) is 0 Å². The van der Waals surface area contributed by atoms with Crippen LogP contribution in [0.2, 0.25) is 10.0 Å². The zero-order valence-electron chi connectivity index (χ0n) is 11.5. The molecule has 0 radical (unpaired) electrons. The molecule has 0 amide bonds. The number of rotatable bonds is 3. The summed E-state index contributed by atoms with van der Waals surface area (Å²) in [5.74, 6) is 0.741. The minimum Gasteiger partial charge on any atom is -0.489 e. The summed E-state index contributed by atoms with van der Waals surface area (Å²) in [5, 5.41) is 11.1. The fraction of sp³-hybridized carbons (Fsp3) is 0.294. The molecular formula is C17H16Cl2O2. The summed E-state index contributed by atoms with van der Waals surface area (Å²) in [5.41, 5.74) is 3.04. The summed E-state index contributed by atoms with van der Waals surface area (Å²) in [6.45, 7) is 0.355. The average molecular weight is 323 g/mol. The molecule has 1 aliphatic rings. The van der Waals surface area contributed by atoms with Gasteiger partial charge >= 0.3 is 0 Å². The molecule has 2 nitrogen and oxygen atoms in total. The fourth-order valence-corrected chi connectivity index (χ4v) is 3.04. The number of ether oxygens (including phenoxy) is 1. The highest BCUT2D eigenvalue weighted by atomic mass is 35.5. The smallest absolute Gasteiger partial charge is 0.120 e. The Balaban J connectivity index is 1.77. The van der Waals surface area contributed by atoms with Crippen molar-refractivity contribution >= 4 is 23.2 Å². The lowest BCUT2D eigenvalue weighted by molar-refractivity contribution is 0.156. The summed E-state index contributed by atoms with van der Waals surface area (Å²) in [7, 11) is 0. The molecule has 21 heavy (non-hydrogen) atoms. The first-order valence-corrected chi connectivity index (χ1v) is 7.77. The van der Waals surface area contributed by atoms with Crippen LogP contribution in [0.4, 0.5) is 0 Å². The van der Waals surface area contributed by atoms with Crippen LogP contribution in [0.25, 0.3) is 0 Å². The number of benzene rings is 2. The highest BCUT2D eigenvalue weighted by Crippen LogP contribution is 2.33. The lowest BCUT2D eigenvalue weighted by Crippen LogP contribution is -2.09. The largest absolute Gasteiger partial charge is 0.489 e. The van der Waals surface area contributed by atoms with E-state index in [1.807, 2.05) is 30.3 Å². The van der Waals surface area contributed by atoms with E-state index >= 15 is 0 Å². The number of fused-ring (bicyclic) bond motifs is 1. The summed E-state index contributed by atoms with van der Waals surface area (Å²) < 4.78 is 5.79. The number of hydrogen-bond acceptors (Lipinski definition) is 2. The molecule has 0 aromatic heterocycles. The molecule has 1 N–H and O–H groups in total. The summed E-state index contributed by atoms with van der Waals surface area (Å²) in [6, 6.07) is 11.4. The van der Waals surface area contributed by atoms with Gasteiger partial charge < -0.3 is 9.84 Å². The van der Waals surface area contributed by atoms with Gasteiger partial charge in [-0.3, -0.25) is 0 Å². The lowest BCUT2D eigenvalue weighted by atomic mass is 9.89. The minimum absolute atomic E-state index is 0.355. The second kappa shape index (κ2) is 6.27. The van der Waals surface area contributed by atoms with Crippen LogP contribution in [0.15, 0.2) is 36.4 Å². The maximum absolute atomic E-state index is 10.1. The van der Waals surface area contributed by atoms with Crippen LogP contribution in [0.1, 0.15) is 35.6 Å². The lowest BCUT2D eigenvalue weighted by Gasteiger charge is -2.22. The Morgan fingerprint density at radius 2 is 2.05 bits per heavy atom. The molecule has 1 aliphatic carbocycles. The summed E-state index contributed by atoms with van der Waals surface area (Å²) >= 11 is 12.1. The van der Waals surface area contributed by atoms with Crippen LogP contribution in [0, 0.1) is 0 Å². The number of halogens is 2. The monoisotopic (exact) mass is 322 g/mol. The maximum atomic E-state index is 10.1. The molecule has 0 saturated carbocycles. The Kier molecular flexibility index (Phi) is 4.39. The van der Waals surface area contributed by atoms with Crippen LogP contribution >= 0.6 is 23.2 Å². The van der Waals surface area contributed by atoms with Gasteiger partial charge in [0.25, 0.3) is 0 Å². The molecule has 4 heteroatoms. The number of aryl methyl sites for hydroxylation is 1. The van der Waals surface area contributed by atoms with Gasteiger partial charge in [-0.05, 0) is 48.6 Å². The Morgan fingerprint density at radius 1 is 1.19 bits per heavy atom. The van der Waals surface area contributed by atoms with Crippen molar-refractivity contribution in [2.75, 3.05) is 0 Å². The van der Waals surface area contributed by atoms with Crippen molar-refractivity contribution in [1.29, 1.82) is 0 Å². The van der Waals surface area contributed by atoms with Crippen LogP contribution in [-0.4, -0.2) is 5.11 Å². The van der Waals surface area contributed by atoms with Gasteiger partial charge in [0.2, 0.25) is 0 Å². The van der Waals surface area contributed by atoms with Gasteiger partial charge in [-0.15, -0.1) is 0 Å². The minimum atomic E-state index is -0.382. The van der Waals surface area contributed by atoms with E-state index in [-0.39, 0.29) is 6.10 Å². The first-order chi connectivity index (χ1) is 10.1. The van der Waals surface area contributed by atoms with E-state index in [1.54, 1.807) is 6.07 Å². The van der Waals surface area contributed by atoms with E-state index in [9.17, 15) is 5.11 Å². The van der Waals surface area contributed by atoms with Gasteiger partial charge in [-0.1, -0.05) is 41.4 Å². The molecular weight excluding hydrogens is 307 g/mol. The van der Waals surface area contributed by atoms with Gasteiger partial charge in [0.05, 0.1) is 16.1 Å². The third-order valence-corrected chi connectivity index (χ3v) is 4.68. The van der Waals surface area contributed by atoms with E-state index in [0.29, 0.717) is 16.7 Å². The molecule has 0 saturated heterocycles. The van der Waals surface area contributed by atoms with Crippen molar-refractivity contribution < 1.29 is 9.84 Å². The van der Waals surface area contributed by atoms with Gasteiger partial charge in [0, 0.05) is 5.56 Å². The van der Waals surface area contributed by atoms with E-state index in [2.05, 4.69) is 0 Å². The van der Waals surface area contributed by atoms with Crippen molar-refractivity contribution in [3.63, 3.8) is 0 Å². The third kappa shape index (κ3) is 3.18. The van der Waals surface area contributed by atoms with Gasteiger partial charge in [0.1, 0.15) is 12.4 Å². The normalized spacial score (nSPS) is 17.4. The highest BCUT2D eigenvalue weighted by molar-refractivity contribution is 6.42. The predicted molar refractivity (Wildman–Crippen MR) is 85.1 cm³/mol. The third-order valence-electron chi connectivity index (χ3n) is 3.83. The number of aliphatic hydroxyl groups is 1. The van der Waals surface area contributed by atoms with Crippen LogP contribution in [0.5, 0.6) is 5.75 Å². The zero-order valence-corrected chi connectivity index (χ0v) is 13.0. The molecule has 0 aliphatic heterocycles. The maximum Gasteiger partial charge on any atom is 0.120 e. The second-order valence-electron chi connectivity index (χ2n) is 5.27. The van der Waals surface area contributed by atoms with Crippen LogP contribution in [-0.2, 0) is 13.0 Å². The highest BCUT2D eigenvalue weighted by Gasteiger charge is 2.18. The second-order valence-corrected chi connectivity index (χ2v) is 6.06. The van der Waals surface area contributed by atoms with Crippen molar-refractivity contribution in [2.24, 2.45) is 0 Å². The average Bonchev–Trinajstić information content (AvgIpc) is 2.49. The molecule has 3 rings (SSSR count). The molecule has 0 spiro atoms. The first-order valence-electron chi connectivity index (χ1n) is 7.02. The number of hydrogen-bond donors (Lipinski definition) is 1. The van der Waals surface area contributed by atoms with Gasteiger partial charge in [-0.25, -0.2) is 0 Å². The molecule has 0 unspecified atom stereocenters. The quantitative estimate of drug-likeness (QED) is 0.867. The predicted octanol–water partition coefficient (Wildman–Crippen LogP) is 4.94. The molecule has 110 valence electrons. The molecule has 2 aromatic rings. The van der Waals surface area contributed by atoms with Crippen molar-refractivity contribution in [3.8, 4) is 5.75 Å². The molecule has 2 aromatic carbocycles. The molecule has 1 atom stereocenters. The fourth-order valence-electron chi connectivity index (χ4n) is 2.66. The summed E-state index contributed by atoms with van der Waals surface area (Å²) in [6.07, 6.45) is 2.49. The first kappa shape index (κ1) is 14.7. The Labute approximate surface area is 134 Å². The van der Waals surface area contributed by atoms with E-state index < -0.39 is 0 Å². The van der Waals surface area contributed by atoms with Crippen molar-refractivity contribution in [2.45, 2.75) is 32.0 Å². The van der Waals surface area contributed by atoms with Crippen molar-refractivity contribution in [1.82, 2.24) is 0 Å². The van der Waals surface area contributed by atoms with E-state index in [0.717, 1.165) is 36.1 Å². The molecule has 0 bridgehead atoms. The number of aliphatic hydroxyl groups excluding tert-OH is 1. The Bertz CT molecular complexity index is 655. The standard InChI is InChI=1S/C17H16Cl2O2/c18-15-5-1-4-12(17(15)19)10-21-13-8-7-11-3-2-6-16(20)14(11)9-13/h1,4-5,7-9,16,20H,2-3,6,10H2/t16-/m1/s1. The summed E-state index contributed by atoms with van der Waals surface area (Å²) in [4.78, 5) is 0. The van der Waals surface area contributed by atoms with E-state index in [1.165, 1.54) is 5.56 Å². The molecule has 0 heterocycles. The molecule has 0 fully saturated rings. The van der Waals surface area contributed by atoms with Crippen LogP contribution in [0.3, 0.4) is 0 Å². The Hall–Kier alpha value is -1.22. The zero-order chi connectivity index (χ0) is 14.8. The van der Waals surface area contributed by atoms with Crippen molar-refractivity contribution in [3.05, 3.63) is 63.1 Å². The van der Waals surface area contributed by atoms with E-state index in [4.69, 9.17) is 27.9 Å².